The predicted molar refractivity (Wildman–Crippen MR) is 60.7 cm³/mol. The van der Waals surface area contributed by atoms with Crippen molar-refractivity contribution in [3.8, 4) is 0 Å². The Morgan fingerprint density at radius 2 is 2.07 bits per heavy atom. The molecule has 0 fully saturated rings. The van der Waals surface area contributed by atoms with Gasteiger partial charge < -0.3 is 5.32 Å². The Balaban J connectivity index is 2.74. The number of carbonyl (C=O) groups excluding carboxylic acids is 1. The SMILES string of the molecule is Cc1cnccc1C(=O)N[C@H](C)C(C)C. The lowest BCUT2D eigenvalue weighted by molar-refractivity contribution is 0.0930. The number of carbonyl (C=O) groups is 1. The summed E-state index contributed by atoms with van der Waals surface area (Å²) in [6.07, 6.45) is 3.34. The molecule has 1 rings (SSSR count). The van der Waals surface area contributed by atoms with Gasteiger partial charge in [0.05, 0.1) is 0 Å². The zero-order chi connectivity index (χ0) is 11.4. The molecule has 0 spiro atoms. The maximum Gasteiger partial charge on any atom is 0.251 e. The molecule has 0 bridgehead atoms. The van der Waals surface area contributed by atoms with E-state index < -0.39 is 0 Å². The van der Waals surface area contributed by atoms with Crippen molar-refractivity contribution in [1.29, 1.82) is 0 Å². The molecule has 0 radical (unpaired) electrons. The van der Waals surface area contributed by atoms with E-state index in [1.165, 1.54) is 0 Å². The molecular formula is C12H18N2O. The van der Waals surface area contributed by atoms with Crippen LogP contribution in [0.3, 0.4) is 0 Å². The average Bonchev–Trinajstić information content (AvgIpc) is 2.18. The lowest BCUT2D eigenvalue weighted by atomic mass is 10.1. The Kier molecular flexibility index (Phi) is 3.83. The van der Waals surface area contributed by atoms with Gasteiger partial charge in [0.15, 0.2) is 0 Å². The first-order valence-electron chi connectivity index (χ1n) is 5.24. The third-order valence-electron chi connectivity index (χ3n) is 2.62. The molecule has 0 unspecified atom stereocenters. The van der Waals surface area contributed by atoms with Crippen LogP contribution in [0.5, 0.6) is 0 Å². The Morgan fingerprint density at radius 3 is 2.60 bits per heavy atom. The number of aryl methyl sites for hydroxylation is 1. The van der Waals surface area contributed by atoms with Crippen molar-refractivity contribution in [2.24, 2.45) is 5.92 Å². The van der Waals surface area contributed by atoms with E-state index in [0.29, 0.717) is 11.5 Å². The van der Waals surface area contributed by atoms with Crippen molar-refractivity contribution in [3.63, 3.8) is 0 Å². The molecule has 82 valence electrons. The largest absolute Gasteiger partial charge is 0.349 e. The molecule has 1 N–H and O–H groups in total. The molecule has 3 heteroatoms. The minimum atomic E-state index is -0.0175. The minimum Gasteiger partial charge on any atom is -0.349 e. The van der Waals surface area contributed by atoms with Crippen LogP contribution >= 0.6 is 0 Å². The average molecular weight is 206 g/mol. The molecule has 1 aromatic heterocycles. The number of nitrogens with zero attached hydrogens (tertiary/aromatic N) is 1. The lowest BCUT2D eigenvalue weighted by Crippen LogP contribution is -2.36. The Morgan fingerprint density at radius 1 is 1.40 bits per heavy atom. The molecule has 1 aromatic rings. The van der Waals surface area contributed by atoms with Gasteiger partial charge in [-0.2, -0.15) is 0 Å². The van der Waals surface area contributed by atoms with Gasteiger partial charge in [-0.3, -0.25) is 9.78 Å². The van der Waals surface area contributed by atoms with Crippen LogP contribution in [0.2, 0.25) is 0 Å². The first-order chi connectivity index (χ1) is 7.02. The zero-order valence-corrected chi connectivity index (χ0v) is 9.74. The molecular weight excluding hydrogens is 188 g/mol. The molecule has 0 aliphatic heterocycles. The Hall–Kier alpha value is -1.38. The number of hydrogen-bond donors (Lipinski definition) is 1. The fourth-order valence-corrected chi connectivity index (χ4v) is 1.18. The molecule has 1 atom stereocenters. The van der Waals surface area contributed by atoms with Gasteiger partial charge in [-0.25, -0.2) is 0 Å². The van der Waals surface area contributed by atoms with E-state index in [0.717, 1.165) is 5.56 Å². The second kappa shape index (κ2) is 4.91. The van der Waals surface area contributed by atoms with Crippen LogP contribution in [0.1, 0.15) is 36.7 Å². The molecule has 15 heavy (non-hydrogen) atoms. The normalized spacial score (nSPS) is 12.6. The fourth-order valence-electron chi connectivity index (χ4n) is 1.18. The van der Waals surface area contributed by atoms with E-state index in [1.807, 2.05) is 13.8 Å². The first kappa shape index (κ1) is 11.7. The van der Waals surface area contributed by atoms with Gasteiger partial charge in [-0.1, -0.05) is 13.8 Å². The van der Waals surface area contributed by atoms with Gasteiger partial charge in [-0.15, -0.1) is 0 Å². The number of nitrogens with one attached hydrogen (secondary N) is 1. The van der Waals surface area contributed by atoms with Gasteiger partial charge in [0.25, 0.3) is 5.91 Å². The number of aromatic nitrogens is 1. The second-order valence-corrected chi connectivity index (χ2v) is 4.20. The highest BCUT2D eigenvalue weighted by Crippen LogP contribution is 2.07. The summed E-state index contributed by atoms with van der Waals surface area (Å²) >= 11 is 0. The van der Waals surface area contributed by atoms with Gasteiger partial charge >= 0.3 is 0 Å². The summed E-state index contributed by atoms with van der Waals surface area (Å²) in [7, 11) is 0. The molecule has 0 aromatic carbocycles. The number of hydrogen-bond acceptors (Lipinski definition) is 2. The monoisotopic (exact) mass is 206 g/mol. The highest BCUT2D eigenvalue weighted by Gasteiger charge is 2.13. The van der Waals surface area contributed by atoms with Gasteiger partial charge in [0.1, 0.15) is 0 Å². The summed E-state index contributed by atoms with van der Waals surface area (Å²) in [5.74, 6) is 0.423. The maximum absolute atomic E-state index is 11.8. The lowest BCUT2D eigenvalue weighted by Gasteiger charge is -2.17. The van der Waals surface area contributed by atoms with Crippen molar-refractivity contribution >= 4 is 5.91 Å². The number of amides is 1. The standard InChI is InChI=1S/C12H18N2O/c1-8(2)10(4)14-12(15)11-5-6-13-7-9(11)3/h5-8,10H,1-4H3,(H,14,15)/t10-/m1/s1. The molecule has 3 nitrogen and oxygen atoms in total. The molecule has 0 aliphatic rings. The highest BCUT2D eigenvalue weighted by molar-refractivity contribution is 5.95. The maximum atomic E-state index is 11.8. The number of rotatable bonds is 3. The van der Waals surface area contributed by atoms with Gasteiger partial charge in [-0.05, 0) is 31.4 Å². The zero-order valence-electron chi connectivity index (χ0n) is 9.74. The van der Waals surface area contributed by atoms with Crippen LogP contribution in [-0.2, 0) is 0 Å². The van der Waals surface area contributed by atoms with E-state index in [1.54, 1.807) is 18.5 Å². The van der Waals surface area contributed by atoms with Gasteiger partial charge in [0, 0.05) is 24.0 Å². The molecule has 0 saturated carbocycles. The second-order valence-electron chi connectivity index (χ2n) is 4.20. The van der Waals surface area contributed by atoms with E-state index in [2.05, 4.69) is 24.1 Å². The van der Waals surface area contributed by atoms with E-state index in [-0.39, 0.29) is 11.9 Å². The molecule has 0 saturated heterocycles. The topological polar surface area (TPSA) is 42.0 Å². The van der Waals surface area contributed by atoms with Crippen LogP contribution in [0, 0.1) is 12.8 Å². The van der Waals surface area contributed by atoms with Crippen LogP contribution in [0.15, 0.2) is 18.5 Å². The first-order valence-corrected chi connectivity index (χ1v) is 5.24. The van der Waals surface area contributed by atoms with Crippen molar-refractivity contribution in [1.82, 2.24) is 10.3 Å². The third-order valence-corrected chi connectivity index (χ3v) is 2.62. The minimum absolute atomic E-state index is 0.0175. The summed E-state index contributed by atoms with van der Waals surface area (Å²) in [5, 5.41) is 2.97. The van der Waals surface area contributed by atoms with Crippen LogP contribution in [0.25, 0.3) is 0 Å². The van der Waals surface area contributed by atoms with E-state index >= 15 is 0 Å². The number of pyridine rings is 1. The van der Waals surface area contributed by atoms with Crippen LogP contribution < -0.4 is 5.32 Å². The fraction of sp³-hybridized carbons (Fsp3) is 0.500. The van der Waals surface area contributed by atoms with Crippen molar-refractivity contribution in [3.05, 3.63) is 29.6 Å². The highest BCUT2D eigenvalue weighted by atomic mass is 16.1. The summed E-state index contributed by atoms with van der Waals surface area (Å²) in [6.45, 7) is 8.08. The Bertz CT molecular complexity index is 347. The van der Waals surface area contributed by atoms with E-state index in [9.17, 15) is 4.79 Å². The van der Waals surface area contributed by atoms with E-state index in [4.69, 9.17) is 0 Å². The van der Waals surface area contributed by atoms with Crippen LogP contribution in [0.4, 0.5) is 0 Å². The predicted octanol–water partition coefficient (Wildman–Crippen LogP) is 2.16. The Labute approximate surface area is 90.9 Å². The summed E-state index contributed by atoms with van der Waals surface area (Å²) in [5.41, 5.74) is 1.61. The van der Waals surface area contributed by atoms with Crippen LogP contribution in [-0.4, -0.2) is 16.9 Å². The molecule has 0 aliphatic carbocycles. The van der Waals surface area contributed by atoms with Crippen molar-refractivity contribution in [2.45, 2.75) is 33.7 Å². The molecule has 1 heterocycles. The smallest absolute Gasteiger partial charge is 0.251 e. The summed E-state index contributed by atoms with van der Waals surface area (Å²) in [4.78, 5) is 15.8. The molecule has 1 amide bonds. The quantitative estimate of drug-likeness (QED) is 0.823. The van der Waals surface area contributed by atoms with Crippen molar-refractivity contribution < 1.29 is 4.79 Å². The van der Waals surface area contributed by atoms with Gasteiger partial charge in [0.2, 0.25) is 0 Å². The summed E-state index contributed by atoms with van der Waals surface area (Å²) in [6, 6.07) is 1.93. The summed E-state index contributed by atoms with van der Waals surface area (Å²) < 4.78 is 0. The van der Waals surface area contributed by atoms with Crippen molar-refractivity contribution in [2.75, 3.05) is 0 Å². The third kappa shape index (κ3) is 3.05.